The van der Waals surface area contributed by atoms with Crippen LogP contribution in [-0.2, 0) is 0 Å². The van der Waals surface area contributed by atoms with Crippen LogP contribution in [0.2, 0.25) is 0 Å². The molecule has 0 bridgehead atoms. The highest BCUT2D eigenvalue weighted by atomic mass is 32.1. The van der Waals surface area contributed by atoms with E-state index in [2.05, 4.69) is 35.0 Å². The molecule has 2 aromatic rings. The fourth-order valence-electron chi connectivity index (χ4n) is 2.26. The zero-order valence-corrected chi connectivity index (χ0v) is 8.81. The molecule has 1 aromatic heterocycles. The summed E-state index contributed by atoms with van der Waals surface area (Å²) in [6.45, 7) is 2.32. The second-order valence-corrected chi connectivity index (χ2v) is 4.79. The highest BCUT2D eigenvalue weighted by molar-refractivity contribution is 7.17. The zero-order chi connectivity index (χ0) is 9.38. The summed E-state index contributed by atoms with van der Waals surface area (Å²) in [6.07, 6.45) is 1.29. The molecule has 1 nitrogen and oxygen atoms in total. The molecule has 1 aliphatic rings. The van der Waals surface area contributed by atoms with Crippen LogP contribution in [-0.4, -0.2) is 13.1 Å². The van der Waals surface area contributed by atoms with Gasteiger partial charge in [-0.3, -0.25) is 0 Å². The lowest BCUT2D eigenvalue weighted by Gasteiger charge is -2.09. The first kappa shape index (κ1) is 8.45. The van der Waals surface area contributed by atoms with Gasteiger partial charge < -0.3 is 5.32 Å². The largest absolute Gasteiger partial charge is 0.316 e. The third-order valence-electron chi connectivity index (χ3n) is 3.01. The van der Waals surface area contributed by atoms with E-state index in [4.69, 9.17) is 0 Å². The summed E-state index contributed by atoms with van der Waals surface area (Å²) in [4.78, 5) is 0. The van der Waals surface area contributed by atoms with Gasteiger partial charge in [-0.05, 0) is 41.3 Å². The van der Waals surface area contributed by atoms with E-state index in [1.165, 1.54) is 23.1 Å². The van der Waals surface area contributed by atoms with Crippen molar-refractivity contribution in [2.45, 2.75) is 12.3 Å². The lowest BCUT2D eigenvalue weighted by Crippen LogP contribution is -2.07. The van der Waals surface area contributed by atoms with Gasteiger partial charge in [0.2, 0.25) is 0 Å². The van der Waals surface area contributed by atoms with Crippen molar-refractivity contribution in [3.8, 4) is 0 Å². The van der Waals surface area contributed by atoms with Gasteiger partial charge in [0.05, 0.1) is 0 Å². The van der Waals surface area contributed by atoms with Crippen LogP contribution in [0.15, 0.2) is 29.6 Å². The van der Waals surface area contributed by atoms with E-state index in [0.717, 1.165) is 12.5 Å². The number of benzene rings is 1. The number of rotatable bonds is 1. The molecular formula is C12H13NS. The van der Waals surface area contributed by atoms with Crippen LogP contribution in [0.5, 0.6) is 0 Å². The Kier molecular flexibility index (Phi) is 2.03. The summed E-state index contributed by atoms with van der Waals surface area (Å²) >= 11 is 1.87. The SMILES string of the molecule is c1cc(C2CCNC2)c2sccc2c1. The van der Waals surface area contributed by atoms with Crippen LogP contribution in [0, 0.1) is 0 Å². The molecule has 0 aliphatic carbocycles. The quantitative estimate of drug-likeness (QED) is 0.751. The van der Waals surface area contributed by atoms with Crippen LogP contribution in [0.3, 0.4) is 0 Å². The van der Waals surface area contributed by atoms with Gasteiger partial charge in [-0.1, -0.05) is 18.2 Å². The van der Waals surface area contributed by atoms with E-state index >= 15 is 0 Å². The Labute approximate surface area is 87.8 Å². The monoisotopic (exact) mass is 203 g/mol. The Hall–Kier alpha value is -0.860. The predicted molar refractivity (Wildman–Crippen MR) is 62.1 cm³/mol. The maximum atomic E-state index is 3.43. The molecule has 2 heteroatoms. The molecule has 1 N–H and O–H groups in total. The molecule has 0 radical (unpaired) electrons. The maximum Gasteiger partial charge on any atom is 0.0378 e. The molecule has 0 amide bonds. The van der Waals surface area contributed by atoms with E-state index in [-0.39, 0.29) is 0 Å². The Bertz CT molecular complexity index is 440. The molecule has 0 saturated carbocycles. The minimum Gasteiger partial charge on any atom is -0.316 e. The van der Waals surface area contributed by atoms with Crippen molar-refractivity contribution in [3.63, 3.8) is 0 Å². The molecule has 2 heterocycles. The van der Waals surface area contributed by atoms with E-state index in [1.807, 2.05) is 11.3 Å². The number of hydrogen-bond acceptors (Lipinski definition) is 2. The lowest BCUT2D eigenvalue weighted by atomic mass is 9.97. The van der Waals surface area contributed by atoms with Gasteiger partial charge in [-0.2, -0.15) is 0 Å². The Balaban J connectivity index is 2.14. The molecule has 1 atom stereocenters. The summed E-state index contributed by atoms with van der Waals surface area (Å²) in [6, 6.07) is 8.89. The van der Waals surface area contributed by atoms with Gasteiger partial charge in [-0.25, -0.2) is 0 Å². The average Bonchev–Trinajstić information content (AvgIpc) is 2.88. The lowest BCUT2D eigenvalue weighted by molar-refractivity contribution is 0.771. The summed E-state index contributed by atoms with van der Waals surface area (Å²) in [5.41, 5.74) is 1.54. The molecule has 72 valence electrons. The predicted octanol–water partition coefficient (Wildman–Crippen LogP) is 2.98. The van der Waals surface area contributed by atoms with Crippen molar-refractivity contribution < 1.29 is 0 Å². The fourth-order valence-corrected chi connectivity index (χ4v) is 3.25. The molecule has 1 aliphatic heterocycles. The molecule has 3 rings (SSSR count). The third-order valence-corrected chi connectivity index (χ3v) is 3.99. The Morgan fingerprint density at radius 1 is 1.29 bits per heavy atom. The number of nitrogens with one attached hydrogen (secondary N) is 1. The van der Waals surface area contributed by atoms with Crippen molar-refractivity contribution in [2.75, 3.05) is 13.1 Å². The minimum absolute atomic E-state index is 0.734. The normalized spacial score (nSPS) is 21.9. The van der Waals surface area contributed by atoms with Gasteiger partial charge >= 0.3 is 0 Å². The van der Waals surface area contributed by atoms with E-state index in [1.54, 1.807) is 5.56 Å². The van der Waals surface area contributed by atoms with Crippen LogP contribution in [0.1, 0.15) is 17.9 Å². The highest BCUT2D eigenvalue weighted by Crippen LogP contribution is 2.32. The summed E-state index contributed by atoms with van der Waals surface area (Å²) < 4.78 is 1.49. The standard InChI is InChI=1S/C12H13NS/c1-2-9-5-7-14-12(9)11(3-1)10-4-6-13-8-10/h1-3,5,7,10,13H,4,6,8H2. The molecule has 14 heavy (non-hydrogen) atoms. The van der Waals surface area contributed by atoms with Crippen molar-refractivity contribution in [1.82, 2.24) is 5.32 Å². The van der Waals surface area contributed by atoms with Crippen LogP contribution >= 0.6 is 11.3 Å². The molecule has 1 fully saturated rings. The summed E-state index contributed by atoms with van der Waals surface area (Å²) in [5.74, 6) is 0.734. The van der Waals surface area contributed by atoms with Gasteiger partial charge in [-0.15, -0.1) is 11.3 Å². The van der Waals surface area contributed by atoms with Crippen molar-refractivity contribution >= 4 is 21.4 Å². The second-order valence-electron chi connectivity index (χ2n) is 3.88. The third kappa shape index (κ3) is 1.26. The van der Waals surface area contributed by atoms with Gasteiger partial charge in [0.25, 0.3) is 0 Å². The Morgan fingerprint density at radius 2 is 2.29 bits per heavy atom. The Morgan fingerprint density at radius 3 is 3.14 bits per heavy atom. The van der Waals surface area contributed by atoms with E-state index in [9.17, 15) is 0 Å². The number of thiophene rings is 1. The van der Waals surface area contributed by atoms with Crippen molar-refractivity contribution in [3.05, 3.63) is 35.2 Å². The van der Waals surface area contributed by atoms with Gasteiger partial charge in [0.15, 0.2) is 0 Å². The maximum absolute atomic E-state index is 3.43. The smallest absolute Gasteiger partial charge is 0.0378 e. The highest BCUT2D eigenvalue weighted by Gasteiger charge is 2.18. The van der Waals surface area contributed by atoms with Crippen LogP contribution in [0.25, 0.3) is 10.1 Å². The van der Waals surface area contributed by atoms with Crippen molar-refractivity contribution in [1.29, 1.82) is 0 Å². The van der Waals surface area contributed by atoms with Crippen LogP contribution < -0.4 is 5.32 Å². The summed E-state index contributed by atoms with van der Waals surface area (Å²) in [5, 5.41) is 7.03. The second kappa shape index (κ2) is 3.37. The molecule has 1 saturated heterocycles. The van der Waals surface area contributed by atoms with Crippen LogP contribution in [0.4, 0.5) is 0 Å². The zero-order valence-electron chi connectivity index (χ0n) is 7.99. The molecular weight excluding hydrogens is 190 g/mol. The van der Waals surface area contributed by atoms with Gasteiger partial charge in [0.1, 0.15) is 0 Å². The first-order valence-electron chi connectivity index (χ1n) is 5.12. The first-order valence-corrected chi connectivity index (χ1v) is 6.00. The molecule has 1 aromatic carbocycles. The first-order chi connectivity index (χ1) is 6.95. The van der Waals surface area contributed by atoms with Crippen molar-refractivity contribution in [2.24, 2.45) is 0 Å². The van der Waals surface area contributed by atoms with E-state index in [0.29, 0.717) is 0 Å². The van der Waals surface area contributed by atoms with Gasteiger partial charge in [0, 0.05) is 11.2 Å². The molecule has 0 spiro atoms. The summed E-state index contributed by atoms with van der Waals surface area (Å²) in [7, 11) is 0. The number of fused-ring (bicyclic) bond motifs is 1. The fraction of sp³-hybridized carbons (Fsp3) is 0.333. The van der Waals surface area contributed by atoms with E-state index < -0.39 is 0 Å². The number of hydrogen-bond donors (Lipinski definition) is 1. The topological polar surface area (TPSA) is 12.0 Å². The average molecular weight is 203 g/mol. The minimum atomic E-state index is 0.734. The molecule has 1 unspecified atom stereocenters.